The van der Waals surface area contributed by atoms with E-state index >= 15 is 0 Å². The highest BCUT2D eigenvalue weighted by Gasteiger charge is 2.20. The molecule has 78 valence electrons. The molecule has 0 heterocycles. The lowest BCUT2D eigenvalue weighted by Gasteiger charge is -2.28. The second kappa shape index (κ2) is 4.70. The van der Waals surface area contributed by atoms with E-state index in [0.29, 0.717) is 11.5 Å². The molecule has 1 saturated carbocycles. The summed E-state index contributed by atoms with van der Waals surface area (Å²) >= 11 is 2.15. The molecule has 0 spiro atoms. The minimum atomic E-state index is 0.476. The van der Waals surface area contributed by atoms with E-state index in [2.05, 4.69) is 32.5 Å². The molecule has 0 radical (unpaired) electrons. The van der Waals surface area contributed by atoms with Crippen molar-refractivity contribution < 1.29 is 0 Å². The van der Waals surface area contributed by atoms with Crippen LogP contribution >= 0.6 is 11.8 Å². The molecule has 2 N–H and O–H groups in total. The molecule has 1 aliphatic carbocycles. The Hall–Kier alpha value is 0.310. The Balaban J connectivity index is 2.16. The average Bonchev–Trinajstić information content (AvgIpc) is 2.02. The fraction of sp³-hybridized carbons (Fsp3) is 1.00. The lowest BCUT2D eigenvalue weighted by molar-refractivity contribution is 0.444. The Labute approximate surface area is 86.8 Å². The SMILES string of the molecule is CC(C)(C)CSC1CCC(N)CC1. The third-order valence-electron chi connectivity index (χ3n) is 2.47. The van der Waals surface area contributed by atoms with Crippen LogP contribution in [0.4, 0.5) is 0 Å². The topological polar surface area (TPSA) is 26.0 Å². The standard InChI is InChI=1S/C11H23NS/c1-11(2,3)8-13-10-6-4-9(12)5-7-10/h9-10H,4-8,12H2,1-3H3. The maximum absolute atomic E-state index is 5.87. The minimum absolute atomic E-state index is 0.476. The smallest absolute Gasteiger partial charge is 0.00484 e. The Kier molecular flexibility index (Phi) is 4.11. The quantitative estimate of drug-likeness (QED) is 0.743. The number of nitrogens with two attached hydrogens (primary N) is 1. The molecule has 0 unspecified atom stereocenters. The van der Waals surface area contributed by atoms with Gasteiger partial charge in [0, 0.05) is 11.3 Å². The first kappa shape index (κ1) is 11.4. The highest BCUT2D eigenvalue weighted by Crippen LogP contribution is 2.31. The van der Waals surface area contributed by atoms with Crippen molar-refractivity contribution in [3.8, 4) is 0 Å². The molecule has 0 amide bonds. The first-order chi connectivity index (χ1) is 5.97. The fourth-order valence-corrected chi connectivity index (χ4v) is 2.96. The van der Waals surface area contributed by atoms with E-state index in [1.54, 1.807) is 0 Å². The lowest BCUT2D eigenvalue weighted by Crippen LogP contribution is -2.28. The zero-order chi connectivity index (χ0) is 9.90. The number of rotatable bonds is 2. The van der Waals surface area contributed by atoms with Crippen molar-refractivity contribution in [1.82, 2.24) is 0 Å². The Morgan fingerprint density at radius 3 is 2.15 bits per heavy atom. The van der Waals surface area contributed by atoms with Crippen LogP contribution in [-0.2, 0) is 0 Å². The number of hydrogen-bond acceptors (Lipinski definition) is 2. The normalized spacial score (nSPS) is 30.5. The molecule has 1 fully saturated rings. The molecule has 13 heavy (non-hydrogen) atoms. The molecule has 0 aromatic rings. The zero-order valence-electron chi connectivity index (χ0n) is 9.18. The highest BCUT2D eigenvalue weighted by atomic mass is 32.2. The van der Waals surface area contributed by atoms with Crippen LogP contribution in [0.25, 0.3) is 0 Å². The third-order valence-corrected chi connectivity index (χ3v) is 4.45. The van der Waals surface area contributed by atoms with E-state index < -0.39 is 0 Å². The van der Waals surface area contributed by atoms with E-state index in [1.165, 1.54) is 31.4 Å². The van der Waals surface area contributed by atoms with Crippen molar-refractivity contribution in [2.75, 3.05) is 5.75 Å². The Morgan fingerprint density at radius 2 is 1.69 bits per heavy atom. The van der Waals surface area contributed by atoms with Gasteiger partial charge in [-0.25, -0.2) is 0 Å². The average molecular weight is 201 g/mol. The molecular weight excluding hydrogens is 178 g/mol. The molecule has 0 atom stereocenters. The summed E-state index contributed by atoms with van der Waals surface area (Å²) in [7, 11) is 0. The van der Waals surface area contributed by atoms with Crippen molar-refractivity contribution in [3.63, 3.8) is 0 Å². The van der Waals surface area contributed by atoms with Gasteiger partial charge in [-0.1, -0.05) is 20.8 Å². The molecule has 0 saturated heterocycles. The monoisotopic (exact) mass is 201 g/mol. The number of hydrogen-bond donors (Lipinski definition) is 1. The predicted octanol–water partition coefficient (Wildman–Crippen LogP) is 3.04. The first-order valence-electron chi connectivity index (χ1n) is 5.34. The first-order valence-corrected chi connectivity index (χ1v) is 6.39. The predicted molar refractivity (Wildman–Crippen MR) is 62.1 cm³/mol. The van der Waals surface area contributed by atoms with Gasteiger partial charge in [0.05, 0.1) is 0 Å². The van der Waals surface area contributed by atoms with Crippen LogP contribution in [0.2, 0.25) is 0 Å². The Morgan fingerprint density at radius 1 is 1.15 bits per heavy atom. The van der Waals surface area contributed by atoms with Crippen LogP contribution in [0.3, 0.4) is 0 Å². The van der Waals surface area contributed by atoms with Crippen LogP contribution in [0.5, 0.6) is 0 Å². The largest absolute Gasteiger partial charge is 0.328 e. The van der Waals surface area contributed by atoms with Crippen LogP contribution in [0, 0.1) is 5.41 Å². The molecule has 0 bridgehead atoms. The van der Waals surface area contributed by atoms with Gasteiger partial charge in [-0.2, -0.15) is 11.8 Å². The molecule has 1 rings (SSSR count). The van der Waals surface area contributed by atoms with Crippen LogP contribution in [0.1, 0.15) is 46.5 Å². The van der Waals surface area contributed by atoms with Gasteiger partial charge < -0.3 is 5.73 Å². The highest BCUT2D eigenvalue weighted by molar-refractivity contribution is 7.99. The van der Waals surface area contributed by atoms with Crippen molar-refractivity contribution in [2.45, 2.75) is 57.7 Å². The van der Waals surface area contributed by atoms with E-state index in [1.807, 2.05) is 0 Å². The van der Waals surface area contributed by atoms with Crippen LogP contribution in [0.15, 0.2) is 0 Å². The summed E-state index contributed by atoms with van der Waals surface area (Å²) in [6, 6.07) is 0.492. The summed E-state index contributed by atoms with van der Waals surface area (Å²) in [4.78, 5) is 0. The van der Waals surface area contributed by atoms with Crippen molar-refractivity contribution in [1.29, 1.82) is 0 Å². The molecule has 0 aromatic carbocycles. The summed E-state index contributed by atoms with van der Waals surface area (Å²) in [6.45, 7) is 6.94. The van der Waals surface area contributed by atoms with E-state index in [-0.39, 0.29) is 0 Å². The summed E-state index contributed by atoms with van der Waals surface area (Å²) in [5.74, 6) is 1.28. The van der Waals surface area contributed by atoms with Gasteiger partial charge in [0.15, 0.2) is 0 Å². The van der Waals surface area contributed by atoms with Crippen molar-refractivity contribution >= 4 is 11.8 Å². The van der Waals surface area contributed by atoms with E-state index in [4.69, 9.17) is 5.73 Å². The van der Waals surface area contributed by atoms with Gasteiger partial charge in [0.1, 0.15) is 0 Å². The second-order valence-electron chi connectivity index (χ2n) is 5.41. The number of thioether (sulfide) groups is 1. The van der Waals surface area contributed by atoms with Gasteiger partial charge >= 0.3 is 0 Å². The molecule has 0 aromatic heterocycles. The second-order valence-corrected chi connectivity index (χ2v) is 6.70. The van der Waals surface area contributed by atoms with Gasteiger partial charge in [-0.05, 0) is 36.9 Å². The summed E-state index contributed by atoms with van der Waals surface area (Å²) in [6.07, 6.45) is 5.15. The molecule has 2 heteroatoms. The van der Waals surface area contributed by atoms with Gasteiger partial charge in [0.2, 0.25) is 0 Å². The summed E-state index contributed by atoms with van der Waals surface area (Å²) in [5.41, 5.74) is 6.35. The van der Waals surface area contributed by atoms with Gasteiger partial charge in [-0.15, -0.1) is 0 Å². The maximum Gasteiger partial charge on any atom is 0.00484 e. The third kappa shape index (κ3) is 4.92. The van der Waals surface area contributed by atoms with Crippen LogP contribution < -0.4 is 5.73 Å². The maximum atomic E-state index is 5.87. The van der Waals surface area contributed by atoms with Crippen molar-refractivity contribution in [3.05, 3.63) is 0 Å². The molecule has 0 aliphatic heterocycles. The summed E-state index contributed by atoms with van der Waals surface area (Å²) in [5, 5.41) is 0.888. The molecule has 1 aliphatic rings. The Bertz CT molecular complexity index is 143. The van der Waals surface area contributed by atoms with E-state index in [0.717, 1.165) is 5.25 Å². The zero-order valence-corrected chi connectivity index (χ0v) is 9.99. The molecular formula is C11H23NS. The van der Waals surface area contributed by atoms with Gasteiger partial charge in [-0.3, -0.25) is 0 Å². The van der Waals surface area contributed by atoms with Crippen LogP contribution in [-0.4, -0.2) is 17.0 Å². The lowest BCUT2D eigenvalue weighted by atomic mass is 9.96. The summed E-state index contributed by atoms with van der Waals surface area (Å²) < 4.78 is 0. The van der Waals surface area contributed by atoms with E-state index in [9.17, 15) is 0 Å². The minimum Gasteiger partial charge on any atom is -0.328 e. The molecule has 1 nitrogen and oxygen atoms in total. The van der Waals surface area contributed by atoms with Gasteiger partial charge in [0.25, 0.3) is 0 Å². The van der Waals surface area contributed by atoms with Crippen molar-refractivity contribution in [2.24, 2.45) is 11.1 Å². The fourth-order valence-electron chi connectivity index (χ4n) is 1.62.